The average Bonchev–Trinajstić information content (AvgIpc) is 3.06. The van der Waals surface area contributed by atoms with E-state index in [1.807, 2.05) is 12.1 Å². The van der Waals surface area contributed by atoms with E-state index in [1.54, 1.807) is 25.1 Å². The molecule has 1 aromatic heterocycles. The zero-order chi connectivity index (χ0) is 17.8. The number of carbonyl (C=O) groups excluding carboxylic acids is 2. The van der Waals surface area contributed by atoms with Crippen LogP contribution in [0.15, 0.2) is 59.0 Å². The smallest absolute Gasteiger partial charge is 0.374 e. The van der Waals surface area contributed by atoms with E-state index in [4.69, 9.17) is 9.15 Å². The molecule has 25 heavy (non-hydrogen) atoms. The van der Waals surface area contributed by atoms with Crippen LogP contribution in [0.1, 0.15) is 17.5 Å². The van der Waals surface area contributed by atoms with Crippen molar-refractivity contribution in [2.24, 2.45) is 0 Å². The van der Waals surface area contributed by atoms with Gasteiger partial charge in [-0.05, 0) is 43.3 Å². The molecule has 0 saturated heterocycles. The molecule has 5 nitrogen and oxygen atoms in total. The molecule has 1 heterocycles. The normalized spacial score (nSPS) is 10.6. The van der Waals surface area contributed by atoms with Crippen molar-refractivity contribution in [3.05, 3.63) is 66.2 Å². The summed E-state index contributed by atoms with van der Waals surface area (Å²) < 4.78 is 23.5. The third-order valence-electron chi connectivity index (χ3n) is 3.71. The molecule has 0 aliphatic carbocycles. The number of hydrogen-bond donors (Lipinski definition) is 0. The van der Waals surface area contributed by atoms with E-state index in [0.717, 1.165) is 5.39 Å². The Balaban J connectivity index is 1.65. The summed E-state index contributed by atoms with van der Waals surface area (Å²) in [6.07, 6.45) is 0. The number of halogens is 1. The molecule has 0 radical (unpaired) electrons. The first kappa shape index (κ1) is 16.7. The van der Waals surface area contributed by atoms with E-state index in [-0.39, 0.29) is 11.6 Å². The molecule has 0 atom stereocenters. The summed E-state index contributed by atoms with van der Waals surface area (Å²) in [6.45, 7) is 1.72. The highest BCUT2D eigenvalue weighted by molar-refractivity contribution is 5.97. The zero-order valence-electron chi connectivity index (χ0n) is 13.6. The summed E-state index contributed by atoms with van der Waals surface area (Å²) >= 11 is 0. The van der Waals surface area contributed by atoms with Crippen LogP contribution in [-0.4, -0.2) is 25.0 Å². The number of hydrogen-bond acceptors (Lipinski definition) is 4. The van der Waals surface area contributed by atoms with Gasteiger partial charge in [-0.3, -0.25) is 4.79 Å². The average molecular weight is 341 g/mol. The van der Waals surface area contributed by atoms with Crippen LogP contribution < -0.4 is 4.90 Å². The van der Waals surface area contributed by atoms with Gasteiger partial charge in [0, 0.05) is 17.6 Å². The van der Waals surface area contributed by atoms with Gasteiger partial charge in [0.05, 0.1) is 0 Å². The molecule has 3 aromatic rings. The molecule has 0 spiro atoms. The lowest BCUT2D eigenvalue weighted by atomic mass is 10.2. The molecule has 3 rings (SSSR count). The second-order valence-corrected chi connectivity index (χ2v) is 5.34. The van der Waals surface area contributed by atoms with Crippen molar-refractivity contribution in [1.82, 2.24) is 0 Å². The number of benzene rings is 2. The topological polar surface area (TPSA) is 59.8 Å². The van der Waals surface area contributed by atoms with Crippen LogP contribution in [0, 0.1) is 5.82 Å². The van der Waals surface area contributed by atoms with Crippen molar-refractivity contribution in [2.75, 3.05) is 18.1 Å². The summed E-state index contributed by atoms with van der Waals surface area (Å²) in [5.41, 5.74) is 1.11. The molecular weight excluding hydrogens is 325 g/mol. The van der Waals surface area contributed by atoms with E-state index < -0.39 is 18.5 Å². The lowest BCUT2D eigenvalue weighted by Gasteiger charge is -2.20. The Morgan fingerprint density at radius 2 is 1.84 bits per heavy atom. The summed E-state index contributed by atoms with van der Waals surface area (Å²) in [4.78, 5) is 25.8. The Morgan fingerprint density at radius 3 is 2.52 bits per heavy atom. The van der Waals surface area contributed by atoms with E-state index in [9.17, 15) is 14.0 Å². The number of fused-ring (bicyclic) bond motifs is 1. The number of rotatable bonds is 5. The number of para-hydroxylation sites is 1. The highest BCUT2D eigenvalue weighted by Crippen LogP contribution is 2.20. The van der Waals surface area contributed by atoms with Crippen LogP contribution >= 0.6 is 0 Å². The number of esters is 1. The van der Waals surface area contributed by atoms with E-state index in [0.29, 0.717) is 17.8 Å². The predicted octanol–water partition coefficient (Wildman–Crippen LogP) is 3.78. The maximum atomic E-state index is 13.0. The molecule has 0 N–H and O–H groups in total. The van der Waals surface area contributed by atoms with Gasteiger partial charge in [0.1, 0.15) is 11.4 Å². The van der Waals surface area contributed by atoms with E-state index >= 15 is 0 Å². The number of likely N-dealkylation sites (N-methyl/N-ethyl adjacent to an activating group) is 1. The number of amides is 1. The standard InChI is InChI=1S/C19H16FNO4/c1-2-21(15-9-7-14(20)8-10-15)18(22)12-24-19(23)17-11-13-5-3-4-6-16(13)25-17/h3-11H,2,12H2,1H3. The minimum absolute atomic E-state index is 0.0406. The molecule has 2 aromatic carbocycles. The SMILES string of the molecule is CCN(C(=O)COC(=O)c1cc2ccccc2o1)c1ccc(F)cc1. The van der Waals surface area contributed by atoms with Gasteiger partial charge >= 0.3 is 5.97 Å². The number of furan rings is 1. The third-order valence-corrected chi connectivity index (χ3v) is 3.71. The van der Waals surface area contributed by atoms with Gasteiger partial charge in [0.25, 0.3) is 5.91 Å². The Labute approximate surface area is 143 Å². The van der Waals surface area contributed by atoms with Gasteiger partial charge in [0.15, 0.2) is 6.61 Å². The zero-order valence-corrected chi connectivity index (χ0v) is 13.6. The second-order valence-electron chi connectivity index (χ2n) is 5.34. The van der Waals surface area contributed by atoms with Crippen molar-refractivity contribution in [3.63, 3.8) is 0 Å². The highest BCUT2D eigenvalue weighted by Gasteiger charge is 2.19. The molecule has 128 valence electrons. The summed E-state index contributed by atoms with van der Waals surface area (Å²) in [5, 5.41) is 0.780. The van der Waals surface area contributed by atoms with Crippen LogP contribution in [0.25, 0.3) is 11.0 Å². The first-order valence-electron chi connectivity index (χ1n) is 7.80. The van der Waals surface area contributed by atoms with Crippen LogP contribution in [0.2, 0.25) is 0 Å². The molecule has 0 aliphatic rings. The fourth-order valence-electron chi connectivity index (χ4n) is 2.48. The quantitative estimate of drug-likeness (QED) is 0.663. The van der Waals surface area contributed by atoms with Gasteiger partial charge in [-0.25, -0.2) is 9.18 Å². The van der Waals surface area contributed by atoms with Gasteiger partial charge in [-0.15, -0.1) is 0 Å². The Kier molecular flexibility index (Phi) is 4.79. The molecule has 0 aliphatic heterocycles. The third kappa shape index (κ3) is 3.68. The minimum Gasteiger partial charge on any atom is -0.450 e. The van der Waals surface area contributed by atoms with Crippen molar-refractivity contribution < 1.29 is 23.1 Å². The molecule has 0 fully saturated rings. The van der Waals surface area contributed by atoms with Crippen molar-refractivity contribution in [2.45, 2.75) is 6.92 Å². The largest absolute Gasteiger partial charge is 0.450 e. The Bertz CT molecular complexity index is 868. The maximum Gasteiger partial charge on any atom is 0.374 e. The van der Waals surface area contributed by atoms with E-state index in [1.165, 1.54) is 29.2 Å². The summed E-state index contributed by atoms with van der Waals surface area (Å²) in [5.74, 6) is -1.46. The van der Waals surface area contributed by atoms with E-state index in [2.05, 4.69) is 0 Å². The van der Waals surface area contributed by atoms with Crippen molar-refractivity contribution in [3.8, 4) is 0 Å². The molecular formula is C19H16FNO4. The van der Waals surface area contributed by atoms with Crippen LogP contribution in [-0.2, 0) is 9.53 Å². The van der Waals surface area contributed by atoms with Crippen LogP contribution in [0.3, 0.4) is 0 Å². The molecule has 0 unspecified atom stereocenters. The molecule has 0 bridgehead atoms. The first-order chi connectivity index (χ1) is 12.1. The number of nitrogens with zero attached hydrogens (tertiary/aromatic N) is 1. The number of carbonyl (C=O) groups is 2. The molecule has 0 saturated carbocycles. The van der Waals surface area contributed by atoms with Crippen molar-refractivity contribution in [1.29, 1.82) is 0 Å². The number of ether oxygens (including phenoxy) is 1. The van der Waals surface area contributed by atoms with Crippen LogP contribution in [0.5, 0.6) is 0 Å². The first-order valence-corrected chi connectivity index (χ1v) is 7.80. The highest BCUT2D eigenvalue weighted by atomic mass is 19.1. The lowest BCUT2D eigenvalue weighted by Crippen LogP contribution is -2.34. The number of anilines is 1. The second kappa shape index (κ2) is 7.17. The predicted molar refractivity (Wildman–Crippen MR) is 90.9 cm³/mol. The fourth-order valence-corrected chi connectivity index (χ4v) is 2.48. The summed E-state index contributed by atoms with van der Waals surface area (Å²) in [6, 6.07) is 14.3. The Hall–Kier alpha value is -3.15. The monoisotopic (exact) mass is 341 g/mol. The Morgan fingerprint density at radius 1 is 1.12 bits per heavy atom. The maximum absolute atomic E-state index is 13.0. The van der Waals surface area contributed by atoms with Gasteiger partial charge in [-0.1, -0.05) is 18.2 Å². The minimum atomic E-state index is -0.709. The molecule has 6 heteroatoms. The van der Waals surface area contributed by atoms with Gasteiger partial charge in [-0.2, -0.15) is 0 Å². The molecule has 1 amide bonds. The lowest BCUT2D eigenvalue weighted by molar-refractivity contribution is -0.121. The van der Waals surface area contributed by atoms with Crippen LogP contribution in [0.4, 0.5) is 10.1 Å². The fraction of sp³-hybridized carbons (Fsp3) is 0.158. The summed E-state index contributed by atoms with van der Waals surface area (Å²) in [7, 11) is 0. The van der Waals surface area contributed by atoms with Crippen molar-refractivity contribution >= 4 is 28.5 Å². The van der Waals surface area contributed by atoms with Gasteiger partial charge in [0.2, 0.25) is 5.76 Å². The van der Waals surface area contributed by atoms with Gasteiger partial charge < -0.3 is 14.1 Å².